The van der Waals surface area contributed by atoms with Gasteiger partial charge < -0.3 is 0 Å². The summed E-state index contributed by atoms with van der Waals surface area (Å²) < 4.78 is 0. The minimum Gasteiger partial charge on any atom is -0.294 e. The van der Waals surface area contributed by atoms with E-state index in [2.05, 4.69) is 36.4 Å². The van der Waals surface area contributed by atoms with Crippen LogP contribution in [-0.4, -0.2) is 11.6 Å². The summed E-state index contributed by atoms with van der Waals surface area (Å²) in [6.07, 6.45) is 0.779. The van der Waals surface area contributed by atoms with Gasteiger partial charge >= 0.3 is 0 Å². The Kier molecular flexibility index (Phi) is 3.44. The van der Waals surface area contributed by atoms with Crippen molar-refractivity contribution in [2.75, 3.05) is 0 Å². The molecule has 0 unspecified atom stereocenters. The summed E-state index contributed by atoms with van der Waals surface area (Å²) in [5.74, 6) is 0.324. The molecule has 0 N–H and O–H groups in total. The van der Waals surface area contributed by atoms with Crippen molar-refractivity contribution < 1.29 is 9.59 Å². The molecule has 2 heteroatoms. The summed E-state index contributed by atoms with van der Waals surface area (Å²) in [4.78, 5) is 26.5. The lowest BCUT2D eigenvalue weighted by atomic mass is 9.76. The third-order valence-electron chi connectivity index (χ3n) is 7.03. The van der Waals surface area contributed by atoms with Crippen LogP contribution in [0.1, 0.15) is 31.8 Å². The standard InChI is InChI=1S/C30H18O2/c31-27-15-19-14-26-20(13-25(19)23-11-9-17-5-1-3-7-21(17)29(23)27)16-28(32)30-22-8-4-2-6-18(22)10-12-24(26)30/h1-14H,15-16H2. The van der Waals surface area contributed by atoms with Crippen molar-refractivity contribution in [2.24, 2.45) is 0 Å². The van der Waals surface area contributed by atoms with Crippen molar-refractivity contribution in [3.8, 4) is 22.3 Å². The first-order chi connectivity index (χ1) is 15.7. The Bertz CT molecular complexity index is 1530. The lowest BCUT2D eigenvalue weighted by molar-refractivity contribution is 0.0984. The summed E-state index contributed by atoms with van der Waals surface area (Å²) in [6, 6.07) is 28.7. The number of carbonyl (C=O) groups excluding carboxylic acids is 2. The maximum atomic E-state index is 13.2. The summed E-state index contributed by atoms with van der Waals surface area (Å²) in [7, 11) is 0. The molecule has 2 nitrogen and oxygen atoms in total. The molecule has 0 amide bonds. The second-order valence-electron chi connectivity index (χ2n) is 8.78. The Balaban J connectivity index is 1.50. The van der Waals surface area contributed by atoms with Crippen LogP contribution in [0.3, 0.4) is 0 Å². The maximum absolute atomic E-state index is 13.2. The Morgan fingerprint density at radius 2 is 0.906 bits per heavy atom. The topological polar surface area (TPSA) is 34.1 Å². The van der Waals surface area contributed by atoms with Gasteiger partial charge in [0.25, 0.3) is 0 Å². The van der Waals surface area contributed by atoms with Gasteiger partial charge in [0.1, 0.15) is 0 Å². The zero-order chi connectivity index (χ0) is 21.4. The fraction of sp³-hybridized carbons (Fsp3) is 0.0667. The van der Waals surface area contributed by atoms with Crippen LogP contribution >= 0.6 is 0 Å². The number of rotatable bonds is 0. The molecule has 2 aliphatic carbocycles. The molecule has 0 heterocycles. The van der Waals surface area contributed by atoms with Crippen molar-refractivity contribution in [1.29, 1.82) is 0 Å². The second kappa shape index (κ2) is 6.24. The molecule has 0 atom stereocenters. The summed E-state index contributed by atoms with van der Waals surface area (Å²) in [5.41, 5.74) is 7.84. The number of benzene rings is 5. The van der Waals surface area contributed by atoms with Gasteiger partial charge in [0.05, 0.1) is 0 Å². The van der Waals surface area contributed by atoms with Gasteiger partial charge in [-0.25, -0.2) is 0 Å². The van der Waals surface area contributed by atoms with Crippen molar-refractivity contribution >= 4 is 33.1 Å². The molecule has 0 radical (unpaired) electrons. The van der Waals surface area contributed by atoms with Crippen LogP contribution < -0.4 is 0 Å². The van der Waals surface area contributed by atoms with Crippen LogP contribution in [0.25, 0.3) is 43.8 Å². The highest BCUT2D eigenvalue weighted by Gasteiger charge is 2.30. The van der Waals surface area contributed by atoms with E-state index < -0.39 is 0 Å². The summed E-state index contributed by atoms with van der Waals surface area (Å²) >= 11 is 0. The third-order valence-corrected chi connectivity index (χ3v) is 7.03. The van der Waals surface area contributed by atoms with Crippen LogP contribution in [-0.2, 0) is 12.8 Å². The molecular weight excluding hydrogens is 392 g/mol. The zero-order valence-electron chi connectivity index (χ0n) is 17.3. The second-order valence-corrected chi connectivity index (χ2v) is 8.78. The Hall–Kier alpha value is -4.04. The average molecular weight is 410 g/mol. The molecule has 150 valence electrons. The fourth-order valence-corrected chi connectivity index (χ4v) is 5.60. The van der Waals surface area contributed by atoms with Crippen molar-refractivity contribution in [1.82, 2.24) is 0 Å². The minimum atomic E-state index is 0.162. The van der Waals surface area contributed by atoms with E-state index in [4.69, 9.17) is 0 Å². The van der Waals surface area contributed by atoms with Gasteiger partial charge in [-0.05, 0) is 67.1 Å². The molecule has 0 aliphatic heterocycles. The van der Waals surface area contributed by atoms with Crippen molar-refractivity contribution in [3.63, 3.8) is 0 Å². The largest absolute Gasteiger partial charge is 0.294 e. The van der Waals surface area contributed by atoms with E-state index in [0.29, 0.717) is 12.8 Å². The van der Waals surface area contributed by atoms with Crippen molar-refractivity contribution in [3.05, 3.63) is 107 Å². The number of hydrogen-bond acceptors (Lipinski definition) is 2. The molecule has 0 aromatic heterocycles. The minimum absolute atomic E-state index is 0.162. The van der Waals surface area contributed by atoms with E-state index in [1.54, 1.807) is 0 Å². The van der Waals surface area contributed by atoms with Gasteiger partial charge in [0.15, 0.2) is 11.6 Å². The molecule has 0 bridgehead atoms. The Morgan fingerprint density at radius 1 is 0.469 bits per heavy atom. The van der Waals surface area contributed by atoms with E-state index in [0.717, 1.165) is 66.1 Å². The number of ketones is 2. The molecule has 2 aliphatic rings. The number of Topliss-reactive ketones (excluding diaryl/α,β-unsaturated/α-hetero) is 2. The van der Waals surface area contributed by atoms with Crippen LogP contribution in [0.5, 0.6) is 0 Å². The SMILES string of the molecule is O=C1Cc2cc3c(cc2-c2ccc4ccccc4c21)CC(=O)c1c-3ccc2ccccc12. The number of carbonyl (C=O) groups is 2. The van der Waals surface area contributed by atoms with E-state index in [1.165, 1.54) is 0 Å². The predicted molar refractivity (Wildman–Crippen MR) is 128 cm³/mol. The summed E-state index contributed by atoms with van der Waals surface area (Å²) in [5, 5.41) is 4.17. The van der Waals surface area contributed by atoms with Gasteiger partial charge in [0.2, 0.25) is 0 Å². The molecule has 5 aromatic rings. The van der Waals surface area contributed by atoms with Gasteiger partial charge in [-0.15, -0.1) is 0 Å². The molecule has 0 spiro atoms. The molecular formula is C30H18O2. The highest BCUT2D eigenvalue weighted by molar-refractivity contribution is 6.19. The first-order valence-electron chi connectivity index (χ1n) is 11.0. The van der Waals surface area contributed by atoms with E-state index in [-0.39, 0.29) is 11.6 Å². The predicted octanol–water partition coefficient (Wildman–Crippen LogP) is 6.80. The van der Waals surface area contributed by atoms with E-state index >= 15 is 0 Å². The average Bonchev–Trinajstić information content (AvgIpc) is 2.82. The van der Waals surface area contributed by atoms with E-state index in [1.807, 2.05) is 48.5 Å². The monoisotopic (exact) mass is 410 g/mol. The lowest BCUT2D eigenvalue weighted by Gasteiger charge is -2.26. The summed E-state index contributed by atoms with van der Waals surface area (Å²) in [6.45, 7) is 0. The van der Waals surface area contributed by atoms with Crippen LogP contribution in [0.2, 0.25) is 0 Å². The van der Waals surface area contributed by atoms with Crippen molar-refractivity contribution in [2.45, 2.75) is 12.8 Å². The highest BCUT2D eigenvalue weighted by Crippen LogP contribution is 2.44. The molecule has 0 saturated carbocycles. The molecule has 7 rings (SSSR count). The normalized spacial score (nSPS) is 14.1. The van der Waals surface area contributed by atoms with Gasteiger partial charge in [-0.2, -0.15) is 0 Å². The Labute approximate surface area is 185 Å². The molecule has 0 fully saturated rings. The van der Waals surface area contributed by atoms with Crippen LogP contribution in [0.15, 0.2) is 84.9 Å². The van der Waals surface area contributed by atoms with E-state index in [9.17, 15) is 9.59 Å². The molecule has 5 aromatic carbocycles. The Morgan fingerprint density at radius 3 is 1.38 bits per heavy atom. The molecule has 0 saturated heterocycles. The van der Waals surface area contributed by atoms with Gasteiger partial charge in [0, 0.05) is 24.0 Å². The van der Waals surface area contributed by atoms with Gasteiger partial charge in [-0.3, -0.25) is 9.59 Å². The quantitative estimate of drug-likeness (QED) is 0.281. The van der Waals surface area contributed by atoms with Crippen LogP contribution in [0.4, 0.5) is 0 Å². The first kappa shape index (κ1) is 17.6. The lowest BCUT2D eigenvalue weighted by Crippen LogP contribution is -2.17. The fourth-order valence-electron chi connectivity index (χ4n) is 5.60. The maximum Gasteiger partial charge on any atom is 0.168 e. The first-order valence-corrected chi connectivity index (χ1v) is 11.0. The smallest absolute Gasteiger partial charge is 0.168 e. The highest BCUT2D eigenvalue weighted by atomic mass is 16.1. The van der Waals surface area contributed by atoms with Crippen LogP contribution in [0, 0.1) is 0 Å². The molecule has 32 heavy (non-hydrogen) atoms. The third kappa shape index (κ3) is 2.29. The van der Waals surface area contributed by atoms with Gasteiger partial charge in [-0.1, -0.05) is 72.8 Å². The zero-order valence-corrected chi connectivity index (χ0v) is 17.3. The number of fused-ring (bicyclic) bond motifs is 10. The number of hydrogen-bond donors (Lipinski definition) is 0.